The molecule has 1 N–H and O–H groups in total. The maximum absolute atomic E-state index is 12.4. The monoisotopic (exact) mass is 417 g/mol. The number of hydrogen-bond donors (Lipinski definition) is 1. The van der Waals surface area contributed by atoms with Crippen molar-refractivity contribution in [3.05, 3.63) is 35.5 Å². The number of hydrogen-bond acceptors (Lipinski definition) is 6. The van der Waals surface area contributed by atoms with Gasteiger partial charge in [-0.3, -0.25) is 14.4 Å². The van der Waals surface area contributed by atoms with Crippen molar-refractivity contribution in [1.29, 1.82) is 0 Å². The standard InChI is InChI=1S/C17H21N3O3.C5H10O2/c1-19(2)10-15(21)20-8-12(17(22)23-3)16-11-6-4-5-7-13(11)18-14(16)9-20;1-5(2,3)7-4-6/h4-7,12,18H,8-10H2,1-3H3;4H,1-3H3. The number of likely N-dealkylation sites (N-methyl/N-ethyl adjacent to an activating group) is 1. The van der Waals surface area contributed by atoms with E-state index in [9.17, 15) is 14.4 Å². The number of nitrogens with zero attached hydrogens (tertiary/aromatic N) is 2. The third-order valence-corrected chi connectivity index (χ3v) is 4.62. The van der Waals surface area contributed by atoms with Gasteiger partial charge in [0.15, 0.2) is 0 Å². The molecule has 0 aliphatic carbocycles. The van der Waals surface area contributed by atoms with Crippen LogP contribution >= 0.6 is 0 Å². The van der Waals surface area contributed by atoms with E-state index in [1.807, 2.05) is 64.0 Å². The third kappa shape index (κ3) is 5.82. The number of para-hydroxylation sites is 1. The Morgan fingerprint density at radius 1 is 1.27 bits per heavy atom. The lowest BCUT2D eigenvalue weighted by atomic mass is 9.91. The van der Waals surface area contributed by atoms with Crippen LogP contribution in [0.3, 0.4) is 0 Å². The summed E-state index contributed by atoms with van der Waals surface area (Å²) in [7, 11) is 5.10. The first kappa shape index (κ1) is 23.4. The second-order valence-corrected chi connectivity index (χ2v) is 8.48. The number of methoxy groups -OCH3 is 1. The normalized spacial score (nSPS) is 15.8. The van der Waals surface area contributed by atoms with Crippen LogP contribution in [0.1, 0.15) is 37.9 Å². The topological polar surface area (TPSA) is 91.9 Å². The summed E-state index contributed by atoms with van der Waals surface area (Å²) in [6.45, 7) is 7.09. The Morgan fingerprint density at radius 2 is 1.93 bits per heavy atom. The molecule has 2 heterocycles. The first-order chi connectivity index (χ1) is 14.1. The summed E-state index contributed by atoms with van der Waals surface area (Å²) in [5.74, 6) is -0.752. The quantitative estimate of drug-likeness (QED) is 0.606. The van der Waals surface area contributed by atoms with Gasteiger partial charge in [-0.1, -0.05) is 18.2 Å². The number of aromatic nitrogens is 1. The Labute approximate surface area is 177 Å². The van der Waals surface area contributed by atoms with E-state index in [2.05, 4.69) is 9.72 Å². The van der Waals surface area contributed by atoms with E-state index in [0.717, 1.165) is 22.2 Å². The van der Waals surface area contributed by atoms with Gasteiger partial charge in [-0.2, -0.15) is 0 Å². The van der Waals surface area contributed by atoms with E-state index in [1.54, 1.807) is 4.90 Å². The zero-order chi connectivity index (χ0) is 22.5. The highest BCUT2D eigenvalue weighted by Gasteiger charge is 2.36. The molecule has 1 aliphatic heterocycles. The van der Waals surface area contributed by atoms with E-state index in [0.29, 0.717) is 26.1 Å². The van der Waals surface area contributed by atoms with Crippen molar-refractivity contribution < 1.29 is 23.9 Å². The lowest BCUT2D eigenvalue weighted by molar-refractivity contribution is -0.144. The van der Waals surface area contributed by atoms with E-state index in [-0.39, 0.29) is 17.5 Å². The lowest BCUT2D eigenvalue weighted by Crippen LogP contribution is -2.44. The molecule has 8 nitrogen and oxygen atoms in total. The number of nitrogens with one attached hydrogen (secondary N) is 1. The summed E-state index contributed by atoms with van der Waals surface area (Å²) in [5.41, 5.74) is 2.54. The van der Waals surface area contributed by atoms with Crippen molar-refractivity contribution in [2.45, 2.75) is 38.8 Å². The fraction of sp³-hybridized carbons (Fsp3) is 0.500. The number of rotatable bonds is 4. The predicted molar refractivity (Wildman–Crippen MR) is 114 cm³/mol. The molecule has 0 fully saturated rings. The number of fused-ring (bicyclic) bond motifs is 3. The number of carbonyl (C=O) groups is 3. The van der Waals surface area contributed by atoms with Crippen LogP contribution < -0.4 is 0 Å². The van der Waals surface area contributed by atoms with Gasteiger partial charge in [0.2, 0.25) is 5.91 Å². The summed E-state index contributed by atoms with van der Waals surface area (Å²) < 4.78 is 9.52. The first-order valence-corrected chi connectivity index (χ1v) is 9.78. The van der Waals surface area contributed by atoms with Crippen LogP contribution in [0.2, 0.25) is 0 Å². The smallest absolute Gasteiger partial charge is 0.315 e. The van der Waals surface area contributed by atoms with Crippen LogP contribution in [0.4, 0.5) is 0 Å². The molecule has 2 aromatic rings. The minimum absolute atomic E-state index is 0.00760. The van der Waals surface area contributed by atoms with Crippen LogP contribution in [0, 0.1) is 0 Å². The van der Waals surface area contributed by atoms with Gasteiger partial charge >= 0.3 is 5.97 Å². The molecule has 3 rings (SSSR count). The molecule has 0 spiro atoms. The van der Waals surface area contributed by atoms with Crippen molar-refractivity contribution in [3.8, 4) is 0 Å². The molecule has 1 aromatic carbocycles. The Balaban J connectivity index is 0.000000396. The van der Waals surface area contributed by atoms with Gasteiger partial charge in [0, 0.05) is 23.1 Å². The summed E-state index contributed by atoms with van der Waals surface area (Å²) in [6, 6.07) is 7.88. The highest BCUT2D eigenvalue weighted by Crippen LogP contribution is 2.35. The largest absolute Gasteiger partial charge is 0.468 e. The third-order valence-electron chi connectivity index (χ3n) is 4.62. The van der Waals surface area contributed by atoms with Crippen LogP contribution in [0.5, 0.6) is 0 Å². The Morgan fingerprint density at radius 3 is 2.47 bits per heavy atom. The lowest BCUT2D eigenvalue weighted by Gasteiger charge is -2.32. The number of ether oxygens (including phenoxy) is 2. The van der Waals surface area contributed by atoms with E-state index in [1.165, 1.54) is 7.11 Å². The van der Waals surface area contributed by atoms with Crippen molar-refractivity contribution in [2.24, 2.45) is 0 Å². The summed E-state index contributed by atoms with van der Waals surface area (Å²) >= 11 is 0. The molecule has 164 valence electrons. The average Bonchev–Trinajstić information content (AvgIpc) is 3.04. The summed E-state index contributed by atoms with van der Waals surface area (Å²) in [5, 5.41) is 1.03. The molecular formula is C22H31N3O5. The number of aromatic amines is 1. The zero-order valence-electron chi connectivity index (χ0n) is 18.5. The van der Waals surface area contributed by atoms with Crippen molar-refractivity contribution in [3.63, 3.8) is 0 Å². The molecular weight excluding hydrogens is 386 g/mol. The van der Waals surface area contributed by atoms with Crippen LogP contribution in [0.25, 0.3) is 10.9 Å². The second kappa shape index (κ2) is 9.75. The van der Waals surface area contributed by atoms with Crippen molar-refractivity contribution >= 4 is 29.3 Å². The van der Waals surface area contributed by atoms with Crippen molar-refractivity contribution in [1.82, 2.24) is 14.8 Å². The molecule has 0 saturated heterocycles. The molecule has 0 radical (unpaired) electrons. The van der Waals surface area contributed by atoms with E-state index >= 15 is 0 Å². The van der Waals surface area contributed by atoms with Gasteiger partial charge in [0.1, 0.15) is 11.5 Å². The van der Waals surface area contributed by atoms with Crippen LogP contribution in [0.15, 0.2) is 24.3 Å². The Hall–Kier alpha value is -2.87. The SMILES string of the molecule is CC(C)(C)OC=O.COC(=O)C1CN(C(=O)CN(C)C)Cc2[nH]c3ccccc3c21. The maximum Gasteiger partial charge on any atom is 0.315 e. The van der Waals surface area contributed by atoms with Crippen LogP contribution in [-0.4, -0.2) is 73.0 Å². The number of esters is 1. The van der Waals surface area contributed by atoms with Crippen molar-refractivity contribution in [2.75, 3.05) is 34.3 Å². The second-order valence-electron chi connectivity index (χ2n) is 8.48. The fourth-order valence-corrected chi connectivity index (χ4v) is 3.35. The molecule has 1 aromatic heterocycles. The van der Waals surface area contributed by atoms with Gasteiger partial charge in [0.05, 0.1) is 20.2 Å². The molecule has 0 saturated carbocycles. The van der Waals surface area contributed by atoms with E-state index < -0.39 is 5.92 Å². The maximum atomic E-state index is 12.4. The summed E-state index contributed by atoms with van der Waals surface area (Å²) in [6.07, 6.45) is 0. The number of H-pyrrole nitrogens is 1. The minimum atomic E-state index is -0.453. The van der Waals surface area contributed by atoms with Gasteiger partial charge in [-0.25, -0.2) is 0 Å². The minimum Gasteiger partial charge on any atom is -0.468 e. The van der Waals surface area contributed by atoms with Crippen LogP contribution in [-0.2, 0) is 30.4 Å². The molecule has 1 unspecified atom stereocenters. The van der Waals surface area contributed by atoms with Gasteiger partial charge in [-0.15, -0.1) is 0 Å². The first-order valence-electron chi connectivity index (χ1n) is 9.78. The van der Waals surface area contributed by atoms with E-state index in [4.69, 9.17) is 4.74 Å². The fourth-order valence-electron chi connectivity index (χ4n) is 3.35. The number of carbonyl (C=O) groups excluding carboxylic acids is 3. The Bertz CT molecular complexity index is 898. The molecule has 8 heteroatoms. The molecule has 0 bridgehead atoms. The van der Waals surface area contributed by atoms with Gasteiger partial charge < -0.3 is 24.3 Å². The number of amides is 1. The zero-order valence-corrected chi connectivity index (χ0v) is 18.5. The van der Waals surface area contributed by atoms with Gasteiger partial charge in [0.25, 0.3) is 6.47 Å². The molecule has 1 aliphatic rings. The highest BCUT2D eigenvalue weighted by molar-refractivity contribution is 5.92. The van der Waals surface area contributed by atoms with Gasteiger partial charge in [-0.05, 0) is 46.5 Å². The predicted octanol–water partition coefficient (Wildman–Crippen LogP) is 2.29. The highest BCUT2D eigenvalue weighted by atomic mass is 16.5. The number of benzene rings is 1. The molecule has 30 heavy (non-hydrogen) atoms. The molecule has 1 amide bonds. The molecule has 1 atom stereocenters. The Kier molecular flexibility index (Phi) is 7.61. The average molecular weight is 418 g/mol. The summed E-state index contributed by atoms with van der Waals surface area (Å²) in [4.78, 5) is 41.2.